The predicted molar refractivity (Wildman–Crippen MR) is 80.2 cm³/mol. The number of pyridine rings is 1. The summed E-state index contributed by atoms with van der Waals surface area (Å²) >= 11 is 0. The third-order valence-electron chi connectivity index (χ3n) is 3.23. The molecular formula is C15H18N2O3S. The van der Waals surface area contributed by atoms with Gasteiger partial charge < -0.3 is 0 Å². The van der Waals surface area contributed by atoms with Gasteiger partial charge in [0.1, 0.15) is 4.90 Å². The number of benzene rings is 1. The molecule has 0 fully saturated rings. The summed E-state index contributed by atoms with van der Waals surface area (Å²) in [6.07, 6.45) is 0.646. The van der Waals surface area contributed by atoms with Crippen LogP contribution in [0.2, 0.25) is 0 Å². The highest BCUT2D eigenvalue weighted by atomic mass is 32.2. The average Bonchev–Trinajstić information content (AvgIpc) is 2.37. The van der Waals surface area contributed by atoms with Crippen LogP contribution in [0.5, 0.6) is 0 Å². The first-order chi connectivity index (χ1) is 9.83. The first kappa shape index (κ1) is 15.6. The van der Waals surface area contributed by atoms with Gasteiger partial charge in [-0.2, -0.15) is 18.6 Å². The molecule has 0 aliphatic heterocycles. The van der Waals surface area contributed by atoms with Gasteiger partial charge in [0, 0.05) is 17.8 Å². The van der Waals surface area contributed by atoms with Crippen molar-refractivity contribution in [2.45, 2.75) is 32.1 Å². The van der Waals surface area contributed by atoms with E-state index in [0.717, 1.165) is 17.0 Å². The maximum absolute atomic E-state index is 11.8. The molecule has 21 heavy (non-hydrogen) atoms. The Hall–Kier alpha value is -1.76. The summed E-state index contributed by atoms with van der Waals surface area (Å²) in [7, 11) is -3.89. The van der Waals surface area contributed by atoms with Crippen LogP contribution in [0.25, 0.3) is 0 Å². The van der Waals surface area contributed by atoms with E-state index in [2.05, 4.69) is 9.27 Å². The van der Waals surface area contributed by atoms with Crippen molar-refractivity contribution in [2.75, 3.05) is 0 Å². The Balaban J connectivity index is 2.41. The van der Waals surface area contributed by atoms with Crippen LogP contribution >= 0.6 is 0 Å². The zero-order valence-corrected chi connectivity index (χ0v) is 13.1. The molecule has 2 N–H and O–H groups in total. The molecule has 5 nitrogen and oxygen atoms in total. The second kappa shape index (κ2) is 5.93. The van der Waals surface area contributed by atoms with Crippen LogP contribution in [0.1, 0.15) is 28.1 Å². The van der Waals surface area contributed by atoms with Gasteiger partial charge in [-0.1, -0.05) is 18.2 Å². The number of hydrogen-bond donors (Lipinski definition) is 1. The minimum atomic E-state index is -3.89. The molecule has 0 unspecified atom stereocenters. The zero-order chi connectivity index (χ0) is 15.6. The lowest BCUT2D eigenvalue weighted by molar-refractivity contribution is 0.332. The molecule has 1 aromatic heterocycles. The molecular weight excluding hydrogens is 288 g/mol. The zero-order valence-electron chi connectivity index (χ0n) is 12.3. The lowest BCUT2D eigenvalue weighted by Crippen LogP contribution is -2.14. The Morgan fingerprint density at radius 3 is 2.29 bits per heavy atom. The molecule has 0 saturated carbocycles. The van der Waals surface area contributed by atoms with E-state index in [9.17, 15) is 8.42 Å². The molecule has 0 aliphatic rings. The highest BCUT2D eigenvalue weighted by molar-refractivity contribution is 7.86. The van der Waals surface area contributed by atoms with E-state index in [0.29, 0.717) is 17.5 Å². The van der Waals surface area contributed by atoms with Crippen molar-refractivity contribution >= 4 is 10.1 Å². The van der Waals surface area contributed by atoms with Crippen molar-refractivity contribution in [2.24, 2.45) is 5.90 Å². The number of nitrogens with two attached hydrogens (primary N) is 1. The van der Waals surface area contributed by atoms with Gasteiger partial charge in [0.25, 0.3) is 0 Å². The second-order valence-corrected chi connectivity index (χ2v) is 6.57. The van der Waals surface area contributed by atoms with Crippen molar-refractivity contribution in [3.8, 4) is 0 Å². The third-order valence-corrected chi connectivity index (χ3v) is 4.63. The summed E-state index contributed by atoms with van der Waals surface area (Å²) in [5.74, 6) is 4.86. The Morgan fingerprint density at radius 2 is 1.76 bits per heavy atom. The summed E-state index contributed by atoms with van der Waals surface area (Å²) in [6.45, 7) is 5.40. The van der Waals surface area contributed by atoms with Gasteiger partial charge >= 0.3 is 10.1 Å². The van der Waals surface area contributed by atoms with E-state index in [4.69, 9.17) is 5.90 Å². The molecule has 0 atom stereocenters. The van der Waals surface area contributed by atoms with Crippen molar-refractivity contribution in [3.63, 3.8) is 0 Å². The summed E-state index contributed by atoms with van der Waals surface area (Å²) in [4.78, 5) is 4.58. The second-order valence-electron chi connectivity index (χ2n) is 5.06. The number of nitrogens with zero attached hydrogens (tertiary/aromatic N) is 1. The molecule has 112 valence electrons. The molecule has 0 saturated heterocycles. The maximum atomic E-state index is 11.8. The number of aryl methyl sites for hydroxylation is 3. The van der Waals surface area contributed by atoms with Crippen LogP contribution in [0.3, 0.4) is 0 Å². The third kappa shape index (κ3) is 3.47. The van der Waals surface area contributed by atoms with Crippen LogP contribution in [0.4, 0.5) is 0 Å². The lowest BCUT2D eigenvalue weighted by atomic mass is 10.0. The highest BCUT2D eigenvalue weighted by Crippen LogP contribution is 2.24. The van der Waals surface area contributed by atoms with Gasteiger partial charge in [-0.15, -0.1) is 0 Å². The van der Waals surface area contributed by atoms with Crippen molar-refractivity contribution in [1.29, 1.82) is 0 Å². The van der Waals surface area contributed by atoms with E-state index < -0.39 is 10.1 Å². The van der Waals surface area contributed by atoms with Gasteiger partial charge in [0.05, 0.1) is 0 Å². The van der Waals surface area contributed by atoms with Gasteiger partial charge in [0.2, 0.25) is 0 Å². The van der Waals surface area contributed by atoms with Gasteiger partial charge in [-0.05, 0) is 49.6 Å². The van der Waals surface area contributed by atoms with Crippen LogP contribution < -0.4 is 5.90 Å². The summed E-state index contributed by atoms with van der Waals surface area (Å²) in [5, 5.41) is 0. The van der Waals surface area contributed by atoms with E-state index in [1.54, 1.807) is 13.8 Å². The molecule has 0 aliphatic carbocycles. The highest BCUT2D eigenvalue weighted by Gasteiger charge is 2.20. The van der Waals surface area contributed by atoms with Gasteiger partial charge in [0.15, 0.2) is 0 Å². The molecule has 2 aromatic rings. The van der Waals surface area contributed by atoms with Crippen LogP contribution in [0.15, 0.2) is 35.2 Å². The Bertz CT molecular complexity index is 747. The number of rotatable bonds is 4. The largest absolute Gasteiger partial charge is 0.313 e. The fourth-order valence-electron chi connectivity index (χ4n) is 2.49. The SMILES string of the molecule is Cc1cccc(Cc2cc(C)c(S(=O)(=O)ON)c(C)c2)n1. The summed E-state index contributed by atoms with van der Waals surface area (Å²) in [6, 6.07) is 9.49. The average molecular weight is 306 g/mol. The lowest BCUT2D eigenvalue weighted by Gasteiger charge is -2.11. The summed E-state index contributed by atoms with van der Waals surface area (Å²) in [5.41, 5.74) is 4.13. The topological polar surface area (TPSA) is 82.3 Å². The quantitative estimate of drug-likeness (QED) is 0.875. The fourth-order valence-corrected chi connectivity index (χ4v) is 3.49. The minimum absolute atomic E-state index is 0.131. The number of hydrogen-bond acceptors (Lipinski definition) is 5. The van der Waals surface area contributed by atoms with E-state index in [1.165, 1.54) is 0 Å². The van der Waals surface area contributed by atoms with Crippen molar-refractivity contribution in [1.82, 2.24) is 4.98 Å². The molecule has 1 aromatic carbocycles. The smallest absolute Gasteiger partial charge is 0.258 e. The predicted octanol–water partition coefficient (Wildman–Crippen LogP) is 2.18. The molecule has 6 heteroatoms. The fraction of sp³-hybridized carbons (Fsp3) is 0.267. The molecule has 0 spiro atoms. The Labute approximate surface area is 124 Å². The Kier molecular flexibility index (Phi) is 4.41. The maximum Gasteiger partial charge on any atom is 0.313 e. The molecule has 1 heterocycles. The molecule has 0 radical (unpaired) electrons. The van der Waals surface area contributed by atoms with E-state index in [1.807, 2.05) is 37.3 Å². The number of aromatic nitrogens is 1. The first-order valence-electron chi connectivity index (χ1n) is 6.49. The van der Waals surface area contributed by atoms with Crippen molar-refractivity contribution < 1.29 is 12.7 Å². The van der Waals surface area contributed by atoms with Crippen LogP contribution in [0, 0.1) is 20.8 Å². The summed E-state index contributed by atoms with van der Waals surface area (Å²) < 4.78 is 27.7. The molecule has 0 amide bonds. The normalized spacial score (nSPS) is 11.6. The van der Waals surface area contributed by atoms with Crippen molar-refractivity contribution in [3.05, 3.63) is 58.4 Å². The van der Waals surface area contributed by atoms with Crippen LogP contribution in [-0.2, 0) is 20.8 Å². The van der Waals surface area contributed by atoms with Gasteiger partial charge in [-0.3, -0.25) is 4.98 Å². The monoisotopic (exact) mass is 306 g/mol. The van der Waals surface area contributed by atoms with Gasteiger partial charge in [-0.25, -0.2) is 0 Å². The van der Waals surface area contributed by atoms with E-state index in [-0.39, 0.29) is 4.90 Å². The minimum Gasteiger partial charge on any atom is -0.258 e. The standard InChI is InChI=1S/C15H18N2O3S/c1-10-7-13(9-14-6-4-5-12(3)17-14)8-11(2)15(10)21(18,19)20-16/h4-8H,9,16H2,1-3H3. The van der Waals surface area contributed by atoms with E-state index >= 15 is 0 Å². The molecule has 2 rings (SSSR count). The van der Waals surface area contributed by atoms with Crippen LogP contribution in [-0.4, -0.2) is 13.4 Å². The molecule has 0 bridgehead atoms. The first-order valence-corrected chi connectivity index (χ1v) is 7.90. The Morgan fingerprint density at radius 1 is 1.14 bits per heavy atom.